The molecule has 0 N–H and O–H groups in total. The van der Waals surface area contributed by atoms with Crippen molar-refractivity contribution in [2.75, 3.05) is 0 Å². The van der Waals surface area contributed by atoms with E-state index >= 15 is 0 Å². The minimum Gasteiger partial charge on any atom is -0.289 e. The van der Waals surface area contributed by atoms with Gasteiger partial charge in [-0.05, 0) is 25.2 Å². The lowest BCUT2D eigenvalue weighted by atomic mass is 9.97. The van der Waals surface area contributed by atoms with Crippen LogP contribution in [0.2, 0.25) is 0 Å². The fourth-order valence-corrected chi connectivity index (χ4v) is 1.20. The van der Waals surface area contributed by atoms with Crippen molar-refractivity contribution in [2.45, 2.75) is 26.2 Å². The fourth-order valence-electron chi connectivity index (χ4n) is 1.20. The highest BCUT2D eigenvalue weighted by atomic mass is 16.1. The van der Waals surface area contributed by atoms with E-state index in [-0.39, 0.29) is 0 Å². The van der Waals surface area contributed by atoms with Gasteiger partial charge in [-0.3, -0.25) is 4.79 Å². The molecular weight excluding hydrogens is 148 g/mol. The van der Waals surface area contributed by atoms with E-state index in [9.17, 15) is 4.79 Å². The smallest absolute Gasteiger partial charge is 0.193 e. The summed E-state index contributed by atoms with van der Waals surface area (Å²) in [6.07, 6.45) is 7.96. The van der Waals surface area contributed by atoms with Gasteiger partial charge in [0.15, 0.2) is 6.29 Å². The van der Waals surface area contributed by atoms with E-state index in [4.69, 9.17) is 0 Å². The quantitative estimate of drug-likeness (QED) is 0.424. The Balaban J connectivity index is 2.66. The van der Waals surface area contributed by atoms with E-state index in [0.717, 1.165) is 24.8 Å². The molecule has 1 aliphatic carbocycles. The van der Waals surface area contributed by atoms with Crippen LogP contribution >= 0.6 is 0 Å². The molecule has 12 heavy (non-hydrogen) atoms. The molecule has 0 aromatic heterocycles. The minimum atomic E-state index is 0.639. The Morgan fingerprint density at radius 1 is 1.50 bits per heavy atom. The van der Waals surface area contributed by atoms with Crippen molar-refractivity contribution in [1.29, 1.82) is 0 Å². The molecule has 1 rings (SSSR count). The van der Waals surface area contributed by atoms with Crippen LogP contribution in [0.1, 0.15) is 26.2 Å². The standard InChI is InChI=1S/C11H12O/c1-2-10-5-7-11(8-6-10)4-3-9-12/h5,7,9H,2,6,8H2,1H3. The third-order valence-electron chi connectivity index (χ3n) is 1.98. The number of aldehydes is 1. The zero-order valence-corrected chi connectivity index (χ0v) is 7.26. The highest BCUT2D eigenvalue weighted by molar-refractivity contribution is 5.73. The first-order valence-corrected chi connectivity index (χ1v) is 4.20. The molecule has 1 aliphatic rings. The second-order valence-corrected chi connectivity index (χ2v) is 2.76. The van der Waals surface area contributed by atoms with Crippen molar-refractivity contribution in [3.05, 3.63) is 23.3 Å². The Bertz CT molecular complexity index is 284. The van der Waals surface area contributed by atoms with Gasteiger partial charge in [-0.2, -0.15) is 0 Å². The summed E-state index contributed by atoms with van der Waals surface area (Å²) in [5.41, 5.74) is 2.53. The van der Waals surface area contributed by atoms with E-state index in [1.165, 1.54) is 5.57 Å². The Hall–Kier alpha value is -1.29. The van der Waals surface area contributed by atoms with Crippen LogP contribution in [0.15, 0.2) is 23.3 Å². The second-order valence-electron chi connectivity index (χ2n) is 2.76. The second kappa shape index (κ2) is 4.56. The van der Waals surface area contributed by atoms with Crippen LogP contribution in [-0.4, -0.2) is 6.29 Å². The first kappa shape index (κ1) is 8.80. The molecule has 0 radical (unpaired) electrons. The summed E-state index contributed by atoms with van der Waals surface area (Å²) in [4.78, 5) is 9.95. The van der Waals surface area contributed by atoms with Crippen LogP contribution in [0.5, 0.6) is 0 Å². The van der Waals surface area contributed by atoms with Gasteiger partial charge in [-0.15, -0.1) is 0 Å². The van der Waals surface area contributed by atoms with Crippen molar-refractivity contribution in [2.24, 2.45) is 0 Å². The van der Waals surface area contributed by atoms with Crippen molar-refractivity contribution >= 4 is 6.29 Å². The molecule has 0 saturated carbocycles. The van der Waals surface area contributed by atoms with Crippen molar-refractivity contribution in [3.8, 4) is 11.8 Å². The van der Waals surface area contributed by atoms with Crippen LogP contribution < -0.4 is 0 Å². The van der Waals surface area contributed by atoms with Crippen LogP contribution in [0, 0.1) is 11.8 Å². The number of hydrogen-bond donors (Lipinski definition) is 0. The molecule has 0 heterocycles. The topological polar surface area (TPSA) is 17.1 Å². The minimum absolute atomic E-state index is 0.639. The van der Waals surface area contributed by atoms with Gasteiger partial charge in [0.1, 0.15) is 0 Å². The van der Waals surface area contributed by atoms with E-state index in [0.29, 0.717) is 6.29 Å². The van der Waals surface area contributed by atoms with Gasteiger partial charge in [0.05, 0.1) is 0 Å². The summed E-state index contributed by atoms with van der Waals surface area (Å²) in [7, 11) is 0. The van der Waals surface area contributed by atoms with Gasteiger partial charge in [-0.1, -0.05) is 30.6 Å². The zero-order valence-electron chi connectivity index (χ0n) is 7.26. The monoisotopic (exact) mass is 160 g/mol. The number of carbonyl (C=O) groups is 1. The average Bonchev–Trinajstić information content (AvgIpc) is 2.15. The Morgan fingerprint density at radius 3 is 2.83 bits per heavy atom. The number of rotatable bonds is 1. The molecule has 0 fully saturated rings. The summed E-state index contributed by atoms with van der Waals surface area (Å²) in [6, 6.07) is 0. The number of allylic oxidation sites excluding steroid dienone is 4. The van der Waals surface area contributed by atoms with Crippen LogP contribution in [0.25, 0.3) is 0 Å². The number of carbonyl (C=O) groups excluding carboxylic acids is 1. The van der Waals surface area contributed by atoms with Crippen molar-refractivity contribution in [3.63, 3.8) is 0 Å². The van der Waals surface area contributed by atoms with E-state index < -0.39 is 0 Å². The summed E-state index contributed by atoms with van der Waals surface area (Å²) in [5.74, 6) is 5.24. The van der Waals surface area contributed by atoms with Crippen molar-refractivity contribution in [1.82, 2.24) is 0 Å². The molecule has 1 heteroatoms. The molecule has 62 valence electrons. The summed E-state index contributed by atoms with van der Waals surface area (Å²) >= 11 is 0. The van der Waals surface area contributed by atoms with Gasteiger partial charge in [0, 0.05) is 5.57 Å². The lowest BCUT2D eigenvalue weighted by molar-refractivity contribution is -0.103. The maximum Gasteiger partial charge on any atom is 0.193 e. The maximum absolute atomic E-state index is 9.95. The van der Waals surface area contributed by atoms with Gasteiger partial charge in [0.25, 0.3) is 0 Å². The maximum atomic E-state index is 9.95. The first-order chi connectivity index (χ1) is 5.86. The molecule has 0 bridgehead atoms. The van der Waals surface area contributed by atoms with Gasteiger partial charge in [0.2, 0.25) is 0 Å². The molecule has 0 spiro atoms. The highest BCUT2D eigenvalue weighted by Gasteiger charge is 2.01. The molecule has 0 aromatic carbocycles. The van der Waals surface area contributed by atoms with Gasteiger partial charge < -0.3 is 0 Å². The lowest BCUT2D eigenvalue weighted by Gasteiger charge is -2.08. The predicted molar refractivity (Wildman–Crippen MR) is 49.5 cm³/mol. The normalized spacial score (nSPS) is 15.4. The van der Waals surface area contributed by atoms with E-state index in [1.54, 1.807) is 0 Å². The van der Waals surface area contributed by atoms with Crippen LogP contribution in [0.3, 0.4) is 0 Å². The molecule has 0 atom stereocenters. The van der Waals surface area contributed by atoms with Gasteiger partial charge >= 0.3 is 0 Å². The summed E-state index contributed by atoms with van der Waals surface area (Å²) < 4.78 is 0. The van der Waals surface area contributed by atoms with E-state index in [1.807, 2.05) is 6.08 Å². The third kappa shape index (κ3) is 2.39. The molecule has 0 saturated heterocycles. The highest BCUT2D eigenvalue weighted by Crippen LogP contribution is 2.19. The van der Waals surface area contributed by atoms with Crippen LogP contribution in [-0.2, 0) is 4.79 Å². The average molecular weight is 160 g/mol. The Kier molecular flexibility index (Phi) is 3.35. The predicted octanol–water partition coefficient (Wildman–Crippen LogP) is 2.25. The molecule has 0 unspecified atom stereocenters. The summed E-state index contributed by atoms with van der Waals surface area (Å²) in [5, 5.41) is 0. The SMILES string of the molecule is CCC1=CC=C(C#CC=O)CC1. The zero-order chi connectivity index (χ0) is 8.81. The molecule has 0 amide bonds. The van der Waals surface area contributed by atoms with E-state index in [2.05, 4.69) is 24.8 Å². The lowest BCUT2D eigenvalue weighted by Crippen LogP contribution is -1.90. The molecule has 0 aliphatic heterocycles. The molecule has 0 aromatic rings. The van der Waals surface area contributed by atoms with Gasteiger partial charge in [-0.25, -0.2) is 0 Å². The largest absolute Gasteiger partial charge is 0.289 e. The summed E-state index contributed by atoms with van der Waals surface area (Å²) in [6.45, 7) is 2.15. The Morgan fingerprint density at radius 2 is 2.33 bits per heavy atom. The third-order valence-corrected chi connectivity index (χ3v) is 1.98. The molecule has 1 nitrogen and oxygen atoms in total. The van der Waals surface area contributed by atoms with Crippen molar-refractivity contribution < 1.29 is 4.79 Å². The molecular formula is C11H12O. The van der Waals surface area contributed by atoms with Crippen LogP contribution in [0.4, 0.5) is 0 Å². The first-order valence-electron chi connectivity index (χ1n) is 4.20. The Labute approximate surface area is 73.2 Å². The fraction of sp³-hybridized carbons (Fsp3) is 0.364. The number of hydrogen-bond acceptors (Lipinski definition) is 1.